The third kappa shape index (κ3) is 4.09. The van der Waals surface area contributed by atoms with E-state index in [1.54, 1.807) is 26.2 Å². The van der Waals surface area contributed by atoms with Crippen LogP contribution in [0.5, 0.6) is 5.75 Å². The van der Waals surface area contributed by atoms with Gasteiger partial charge in [0.1, 0.15) is 5.75 Å². The number of allylic oxidation sites excluding steroid dienone is 1. The van der Waals surface area contributed by atoms with Gasteiger partial charge in [-0.1, -0.05) is 30.3 Å². The largest absolute Gasteiger partial charge is 0.497 e. The van der Waals surface area contributed by atoms with Crippen molar-refractivity contribution < 1.29 is 22.7 Å². The summed E-state index contributed by atoms with van der Waals surface area (Å²) in [6, 6.07) is 18.9. The lowest BCUT2D eigenvalue weighted by atomic mass is 9.94. The van der Waals surface area contributed by atoms with Crippen LogP contribution in [0.1, 0.15) is 24.1 Å². The first-order valence-corrected chi connectivity index (χ1v) is 10.8. The Hall–Kier alpha value is -4.27. The van der Waals surface area contributed by atoms with Crippen LogP contribution in [0.2, 0.25) is 0 Å². The molecule has 0 saturated carbocycles. The molecule has 1 unspecified atom stereocenters. The predicted octanol–water partition coefficient (Wildman–Crippen LogP) is 5.99. The van der Waals surface area contributed by atoms with Crippen LogP contribution in [0.3, 0.4) is 0 Å². The van der Waals surface area contributed by atoms with Gasteiger partial charge in [0.25, 0.3) is 5.91 Å². The molecule has 1 aromatic heterocycles. The van der Waals surface area contributed by atoms with Crippen molar-refractivity contribution in [3.8, 4) is 5.75 Å². The molecule has 4 aromatic rings. The Kier molecular flexibility index (Phi) is 5.47. The van der Waals surface area contributed by atoms with Gasteiger partial charge in [0, 0.05) is 11.4 Å². The number of nitrogens with zero attached hydrogens (tertiary/aromatic N) is 2. The van der Waals surface area contributed by atoms with Gasteiger partial charge in [0.2, 0.25) is 5.95 Å². The van der Waals surface area contributed by atoms with Crippen molar-refractivity contribution in [3.63, 3.8) is 0 Å². The van der Waals surface area contributed by atoms with Crippen LogP contribution >= 0.6 is 0 Å². The van der Waals surface area contributed by atoms with Crippen LogP contribution < -0.4 is 15.4 Å². The maximum absolute atomic E-state index is 13.6. The predicted molar refractivity (Wildman–Crippen MR) is 127 cm³/mol. The number of hydrogen-bond donors (Lipinski definition) is 2. The number of carbonyl (C=O) groups excluding carboxylic acids is 1. The molecule has 2 N–H and O–H groups in total. The number of benzene rings is 3. The molecular formula is C26H21F3N4O2. The molecule has 178 valence electrons. The Morgan fingerprint density at radius 1 is 1.06 bits per heavy atom. The summed E-state index contributed by atoms with van der Waals surface area (Å²) in [7, 11) is 1.57. The van der Waals surface area contributed by atoms with E-state index >= 15 is 0 Å². The summed E-state index contributed by atoms with van der Waals surface area (Å²) in [4.78, 5) is 18.2. The van der Waals surface area contributed by atoms with Crippen molar-refractivity contribution in [2.45, 2.75) is 19.1 Å². The standard InChI is InChI=1S/C26H21F3N4O2/c1-15-22(24(34)31-18-7-5-6-17(14-18)26(27,28)29)23(16-10-12-19(35-2)13-11-16)33-21-9-4-3-8-20(21)32-25(33)30-15/h3-14,23H,1-2H3,(H,30,32)(H,31,34). The smallest absolute Gasteiger partial charge is 0.416 e. The first-order chi connectivity index (χ1) is 16.8. The molecule has 0 saturated heterocycles. The Bertz CT molecular complexity index is 1460. The molecule has 6 nitrogen and oxygen atoms in total. The Balaban J connectivity index is 1.61. The molecule has 0 aliphatic carbocycles. The fourth-order valence-electron chi connectivity index (χ4n) is 4.33. The number of para-hydroxylation sites is 2. The molecule has 3 aromatic carbocycles. The second-order valence-electron chi connectivity index (χ2n) is 8.17. The van der Waals surface area contributed by atoms with Crippen LogP contribution in [0.25, 0.3) is 11.0 Å². The zero-order valence-corrected chi connectivity index (χ0v) is 18.9. The topological polar surface area (TPSA) is 68.2 Å². The van der Waals surface area contributed by atoms with Gasteiger partial charge < -0.3 is 15.4 Å². The minimum Gasteiger partial charge on any atom is -0.497 e. The third-order valence-electron chi connectivity index (χ3n) is 5.95. The van der Waals surface area contributed by atoms with E-state index in [-0.39, 0.29) is 5.69 Å². The highest BCUT2D eigenvalue weighted by Crippen LogP contribution is 2.40. The lowest BCUT2D eigenvalue weighted by molar-refractivity contribution is -0.137. The molecule has 0 radical (unpaired) electrons. The normalized spacial score (nSPS) is 15.5. The zero-order valence-electron chi connectivity index (χ0n) is 18.9. The quantitative estimate of drug-likeness (QED) is 0.378. The zero-order chi connectivity index (χ0) is 24.7. The van der Waals surface area contributed by atoms with Gasteiger partial charge in [-0.25, -0.2) is 4.98 Å². The van der Waals surface area contributed by atoms with Gasteiger partial charge in [-0.2, -0.15) is 13.2 Å². The maximum Gasteiger partial charge on any atom is 0.416 e. The minimum atomic E-state index is -4.52. The number of fused-ring (bicyclic) bond motifs is 3. The summed E-state index contributed by atoms with van der Waals surface area (Å²) in [5.41, 5.74) is 2.50. The Morgan fingerprint density at radius 2 is 1.80 bits per heavy atom. The summed E-state index contributed by atoms with van der Waals surface area (Å²) in [6.45, 7) is 1.75. The number of nitrogens with one attached hydrogen (secondary N) is 2. The van der Waals surface area contributed by atoms with E-state index < -0.39 is 23.7 Å². The molecule has 0 bridgehead atoms. The summed E-state index contributed by atoms with van der Waals surface area (Å²) in [5.74, 6) is 0.716. The average Bonchev–Trinajstić information content (AvgIpc) is 3.20. The van der Waals surface area contributed by atoms with Gasteiger partial charge in [-0.15, -0.1) is 0 Å². The number of anilines is 2. The number of carbonyl (C=O) groups is 1. The molecule has 9 heteroatoms. The van der Waals surface area contributed by atoms with Gasteiger partial charge in [-0.3, -0.25) is 9.36 Å². The number of imidazole rings is 1. The molecule has 5 rings (SSSR count). The molecule has 1 atom stereocenters. The van der Waals surface area contributed by atoms with E-state index in [4.69, 9.17) is 4.74 Å². The van der Waals surface area contributed by atoms with Gasteiger partial charge in [-0.05, 0) is 55.0 Å². The summed E-state index contributed by atoms with van der Waals surface area (Å²) in [6.07, 6.45) is -4.52. The molecule has 1 aliphatic rings. The molecule has 0 fully saturated rings. The fraction of sp³-hybridized carbons (Fsp3) is 0.154. The van der Waals surface area contributed by atoms with Crippen molar-refractivity contribution in [3.05, 3.63) is 95.2 Å². The second-order valence-corrected chi connectivity index (χ2v) is 8.17. The monoisotopic (exact) mass is 478 g/mol. The number of alkyl halides is 3. The summed E-state index contributed by atoms with van der Waals surface area (Å²) in [5, 5.41) is 5.84. The Labute approximate surface area is 199 Å². The maximum atomic E-state index is 13.6. The number of hydrogen-bond acceptors (Lipinski definition) is 4. The summed E-state index contributed by atoms with van der Waals surface area (Å²) < 4.78 is 46.8. The number of amides is 1. The molecular weight excluding hydrogens is 457 g/mol. The van der Waals surface area contributed by atoms with E-state index in [0.29, 0.717) is 23.0 Å². The van der Waals surface area contributed by atoms with Gasteiger partial charge in [0.05, 0.1) is 35.3 Å². The van der Waals surface area contributed by atoms with Crippen LogP contribution in [0.4, 0.5) is 24.8 Å². The summed E-state index contributed by atoms with van der Waals surface area (Å²) >= 11 is 0. The highest BCUT2D eigenvalue weighted by Gasteiger charge is 2.35. The van der Waals surface area contributed by atoms with Gasteiger partial charge >= 0.3 is 6.18 Å². The highest BCUT2D eigenvalue weighted by molar-refractivity contribution is 6.06. The van der Waals surface area contributed by atoms with Crippen molar-refractivity contribution in [1.29, 1.82) is 0 Å². The second kappa shape index (κ2) is 8.50. The van der Waals surface area contributed by atoms with Crippen molar-refractivity contribution in [1.82, 2.24) is 9.55 Å². The molecule has 1 amide bonds. The number of methoxy groups -OCH3 is 1. The third-order valence-corrected chi connectivity index (χ3v) is 5.95. The number of halogens is 3. The molecule has 1 aliphatic heterocycles. The SMILES string of the molecule is COc1ccc(C2C(C(=O)Nc3cccc(C(F)(F)F)c3)=C(C)Nc3nc4ccccc4n32)cc1. The Morgan fingerprint density at radius 3 is 2.51 bits per heavy atom. The van der Waals surface area contributed by atoms with E-state index in [9.17, 15) is 18.0 Å². The lowest BCUT2D eigenvalue weighted by Crippen LogP contribution is -2.31. The average molecular weight is 478 g/mol. The van der Waals surface area contributed by atoms with Crippen LogP contribution in [0, 0.1) is 0 Å². The van der Waals surface area contributed by atoms with Crippen LogP contribution in [-0.2, 0) is 11.0 Å². The van der Waals surface area contributed by atoms with E-state index in [1.807, 2.05) is 41.0 Å². The van der Waals surface area contributed by atoms with E-state index in [1.165, 1.54) is 12.1 Å². The van der Waals surface area contributed by atoms with Crippen LogP contribution in [0.15, 0.2) is 84.1 Å². The lowest BCUT2D eigenvalue weighted by Gasteiger charge is -2.31. The number of ether oxygens (including phenoxy) is 1. The molecule has 2 heterocycles. The van der Waals surface area contributed by atoms with Crippen molar-refractivity contribution >= 4 is 28.6 Å². The number of aromatic nitrogens is 2. The van der Waals surface area contributed by atoms with Gasteiger partial charge in [0.15, 0.2) is 0 Å². The van der Waals surface area contributed by atoms with Crippen LogP contribution in [-0.4, -0.2) is 22.6 Å². The number of rotatable bonds is 4. The van der Waals surface area contributed by atoms with E-state index in [0.717, 1.165) is 28.7 Å². The first-order valence-electron chi connectivity index (χ1n) is 10.8. The minimum absolute atomic E-state index is 0.0555. The van der Waals surface area contributed by atoms with E-state index in [2.05, 4.69) is 15.6 Å². The first kappa shape index (κ1) is 22.5. The molecule has 35 heavy (non-hydrogen) atoms. The van der Waals surface area contributed by atoms with Crippen molar-refractivity contribution in [2.24, 2.45) is 0 Å². The fourth-order valence-corrected chi connectivity index (χ4v) is 4.33. The molecule has 0 spiro atoms. The van der Waals surface area contributed by atoms with Crippen molar-refractivity contribution in [2.75, 3.05) is 17.7 Å². The highest BCUT2D eigenvalue weighted by atomic mass is 19.4.